The summed E-state index contributed by atoms with van der Waals surface area (Å²) in [6, 6.07) is 16.8. The zero-order chi connectivity index (χ0) is 20.6. The van der Waals surface area contributed by atoms with Crippen LogP contribution in [0.15, 0.2) is 65.1 Å². The minimum atomic E-state index is -0.860. The van der Waals surface area contributed by atoms with E-state index in [1.165, 1.54) is 6.08 Å². The fourth-order valence-electron chi connectivity index (χ4n) is 2.54. The summed E-state index contributed by atoms with van der Waals surface area (Å²) in [5.74, 6) is 0.376. The lowest BCUT2D eigenvalue weighted by molar-refractivity contribution is -0.151. The SMILES string of the molecule is CCOC(=O)C(=O)C=Cc1ccc(OCc2nc(-c3ccccc3)oc2C)cc1. The lowest BCUT2D eigenvalue weighted by Gasteiger charge is -2.04. The summed E-state index contributed by atoms with van der Waals surface area (Å²) in [4.78, 5) is 27.4. The Hall–Kier alpha value is -3.67. The molecule has 6 heteroatoms. The van der Waals surface area contributed by atoms with Gasteiger partial charge in [-0.2, -0.15) is 0 Å². The maximum absolute atomic E-state index is 11.6. The molecule has 0 unspecified atom stereocenters. The molecule has 3 aromatic rings. The molecular formula is C23H21NO5. The fraction of sp³-hybridized carbons (Fsp3) is 0.174. The molecule has 0 saturated heterocycles. The molecule has 2 aromatic carbocycles. The van der Waals surface area contributed by atoms with Gasteiger partial charge in [0.1, 0.15) is 23.8 Å². The summed E-state index contributed by atoms with van der Waals surface area (Å²) < 4.78 is 16.2. The summed E-state index contributed by atoms with van der Waals surface area (Å²) in [5.41, 5.74) is 2.40. The number of hydrogen-bond acceptors (Lipinski definition) is 6. The normalized spacial score (nSPS) is 10.8. The molecule has 0 spiro atoms. The van der Waals surface area contributed by atoms with E-state index in [1.807, 2.05) is 37.3 Å². The Morgan fingerprint density at radius 1 is 1.07 bits per heavy atom. The predicted octanol–water partition coefficient (Wildman–Crippen LogP) is 4.37. The first kappa shape index (κ1) is 20.1. The first-order valence-corrected chi connectivity index (χ1v) is 9.20. The number of ketones is 1. The van der Waals surface area contributed by atoms with E-state index >= 15 is 0 Å². The van der Waals surface area contributed by atoms with E-state index in [1.54, 1.807) is 37.3 Å². The van der Waals surface area contributed by atoms with Crippen molar-refractivity contribution < 1.29 is 23.5 Å². The number of benzene rings is 2. The van der Waals surface area contributed by atoms with Gasteiger partial charge in [-0.05, 0) is 49.8 Å². The molecule has 0 aliphatic heterocycles. The zero-order valence-corrected chi connectivity index (χ0v) is 16.3. The quantitative estimate of drug-likeness (QED) is 0.322. The first-order valence-electron chi connectivity index (χ1n) is 9.20. The smallest absolute Gasteiger partial charge is 0.379 e. The fourth-order valence-corrected chi connectivity index (χ4v) is 2.54. The number of hydrogen-bond donors (Lipinski definition) is 0. The largest absolute Gasteiger partial charge is 0.487 e. The molecule has 0 amide bonds. The van der Waals surface area contributed by atoms with Gasteiger partial charge in [0.15, 0.2) is 0 Å². The van der Waals surface area contributed by atoms with Crippen molar-refractivity contribution in [2.45, 2.75) is 20.5 Å². The van der Waals surface area contributed by atoms with Gasteiger partial charge in [0.2, 0.25) is 5.89 Å². The van der Waals surface area contributed by atoms with E-state index in [0.717, 1.165) is 16.8 Å². The second-order valence-electron chi connectivity index (χ2n) is 6.16. The number of nitrogens with zero attached hydrogens (tertiary/aromatic N) is 1. The average molecular weight is 391 g/mol. The molecule has 0 saturated carbocycles. The van der Waals surface area contributed by atoms with Gasteiger partial charge in [-0.15, -0.1) is 0 Å². The van der Waals surface area contributed by atoms with E-state index in [9.17, 15) is 9.59 Å². The van der Waals surface area contributed by atoms with Crippen LogP contribution in [0, 0.1) is 6.92 Å². The van der Waals surface area contributed by atoms with Gasteiger partial charge >= 0.3 is 5.97 Å². The third-order valence-corrected chi connectivity index (χ3v) is 4.07. The summed E-state index contributed by atoms with van der Waals surface area (Å²) in [5, 5.41) is 0. The summed E-state index contributed by atoms with van der Waals surface area (Å²) >= 11 is 0. The van der Waals surface area contributed by atoms with Crippen molar-refractivity contribution in [3.8, 4) is 17.2 Å². The van der Waals surface area contributed by atoms with Crippen molar-refractivity contribution in [3.05, 3.63) is 77.7 Å². The summed E-state index contributed by atoms with van der Waals surface area (Å²) in [6.45, 7) is 3.95. The maximum atomic E-state index is 11.6. The van der Waals surface area contributed by atoms with Crippen molar-refractivity contribution in [2.24, 2.45) is 0 Å². The van der Waals surface area contributed by atoms with Crippen LogP contribution in [0.5, 0.6) is 5.75 Å². The number of aryl methyl sites for hydroxylation is 1. The van der Waals surface area contributed by atoms with Crippen LogP contribution in [0.25, 0.3) is 17.5 Å². The molecule has 0 fully saturated rings. The van der Waals surface area contributed by atoms with Crippen LogP contribution in [-0.2, 0) is 20.9 Å². The molecule has 1 aromatic heterocycles. The van der Waals surface area contributed by atoms with Crippen molar-refractivity contribution in [3.63, 3.8) is 0 Å². The van der Waals surface area contributed by atoms with Gasteiger partial charge in [0, 0.05) is 5.56 Å². The van der Waals surface area contributed by atoms with Crippen LogP contribution >= 0.6 is 0 Å². The monoisotopic (exact) mass is 391 g/mol. The molecule has 0 N–H and O–H groups in total. The molecule has 0 radical (unpaired) electrons. The molecule has 3 rings (SSSR count). The third-order valence-electron chi connectivity index (χ3n) is 4.07. The number of aromatic nitrogens is 1. The van der Waals surface area contributed by atoms with Gasteiger partial charge in [0.25, 0.3) is 5.78 Å². The standard InChI is InChI=1S/C23H21NO5/c1-3-27-23(26)21(25)14-11-17-9-12-19(13-10-17)28-15-20-16(2)29-22(24-20)18-7-5-4-6-8-18/h4-14H,3,15H2,1-2H3. The van der Waals surface area contributed by atoms with Gasteiger partial charge in [-0.1, -0.05) is 36.4 Å². The lowest BCUT2D eigenvalue weighted by atomic mass is 10.2. The lowest BCUT2D eigenvalue weighted by Crippen LogP contribution is -2.14. The highest BCUT2D eigenvalue weighted by Gasteiger charge is 2.12. The highest BCUT2D eigenvalue weighted by Crippen LogP contribution is 2.22. The molecule has 29 heavy (non-hydrogen) atoms. The molecule has 0 atom stereocenters. The molecule has 0 bridgehead atoms. The van der Waals surface area contributed by atoms with Crippen molar-refractivity contribution in [1.82, 2.24) is 4.98 Å². The summed E-state index contributed by atoms with van der Waals surface area (Å²) in [6.07, 6.45) is 2.74. The second-order valence-corrected chi connectivity index (χ2v) is 6.16. The third kappa shape index (κ3) is 5.42. The molecule has 148 valence electrons. The maximum Gasteiger partial charge on any atom is 0.379 e. The molecule has 0 aliphatic rings. The van der Waals surface area contributed by atoms with E-state index in [0.29, 0.717) is 17.4 Å². The Bertz CT molecular complexity index is 1000. The van der Waals surface area contributed by atoms with Gasteiger partial charge in [-0.25, -0.2) is 9.78 Å². The Morgan fingerprint density at radius 2 is 1.79 bits per heavy atom. The zero-order valence-electron chi connectivity index (χ0n) is 16.3. The number of carbonyl (C=O) groups is 2. The highest BCUT2D eigenvalue weighted by molar-refractivity contribution is 6.39. The van der Waals surface area contributed by atoms with E-state index in [-0.39, 0.29) is 13.2 Å². The van der Waals surface area contributed by atoms with Crippen LogP contribution in [0.2, 0.25) is 0 Å². The van der Waals surface area contributed by atoms with Gasteiger partial charge in [0.05, 0.1) is 6.61 Å². The van der Waals surface area contributed by atoms with Gasteiger partial charge in [-0.3, -0.25) is 4.79 Å². The Kier molecular flexibility index (Phi) is 6.58. The Labute approximate surface area is 168 Å². The Morgan fingerprint density at radius 3 is 2.48 bits per heavy atom. The number of oxazole rings is 1. The van der Waals surface area contributed by atoms with Crippen LogP contribution in [-0.4, -0.2) is 23.3 Å². The van der Waals surface area contributed by atoms with E-state index < -0.39 is 11.8 Å². The van der Waals surface area contributed by atoms with Gasteiger partial charge < -0.3 is 13.9 Å². The minimum absolute atomic E-state index is 0.169. The number of rotatable bonds is 8. The number of ether oxygens (including phenoxy) is 2. The first-order chi connectivity index (χ1) is 14.1. The van der Waals surface area contributed by atoms with Crippen LogP contribution in [0.4, 0.5) is 0 Å². The molecular weight excluding hydrogens is 370 g/mol. The number of esters is 1. The van der Waals surface area contributed by atoms with Crippen LogP contribution in [0.3, 0.4) is 0 Å². The number of carbonyl (C=O) groups excluding carboxylic acids is 2. The van der Waals surface area contributed by atoms with Crippen molar-refractivity contribution >= 4 is 17.8 Å². The van der Waals surface area contributed by atoms with Crippen molar-refractivity contribution in [1.29, 1.82) is 0 Å². The topological polar surface area (TPSA) is 78.6 Å². The molecule has 1 heterocycles. The summed E-state index contributed by atoms with van der Waals surface area (Å²) in [7, 11) is 0. The van der Waals surface area contributed by atoms with E-state index in [4.69, 9.17) is 9.15 Å². The van der Waals surface area contributed by atoms with Crippen LogP contribution in [0.1, 0.15) is 23.9 Å². The Balaban J connectivity index is 1.59. The van der Waals surface area contributed by atoms with Crippen molar-refractivity contribution in [2.75, 3.05) is 6.61 Å². The van der Waals surface area contributed by atoms with Crippen LogP contribution < -0.4 is 4.74 Å². The second kappa shape index (κ2) is 9.50. The van der Waals surface area contributed by atoms with E-state index in [2.05, 4.69) is 9.72 Å². The minimum Gasteiger partial charge on any atom is -0.487 e. The highest BCUT2D eigenvalue weighted by atomic mass is 16.5. The molecule has 0 aliphatic carbocycles. The predicted molar refractivity (Wildman–Crippen MR) is 108 cm³/mol. The average Bonchev–Trinajstić information content (AvgIpc) is 3.12. The molecule has 6 nitrogen and oxygen atoms in total.